The molecule has 1 saturated heterocycles. The Morgan fingerprint density at radius 2 is 2.07 bits per heavy atom. The van der Waals surface area contributed by atoms with Gasteiger partial charge >= 0.3 is 0 Å². The van der Waals surface area contributed by atoms with Crippen molar-refractivity contribution in [1.29, 1.82) is 0 Å². The fraction of sp³-hybridized carbons (Fsp3) is 0.333. The number of para-hydroxylation sites is 1. The van der Waals surface area contributed by atoms with Gasteiger partial charge in [0.2, 0.25) is 11.9 Å². The molecule has 3 aromatic rings. The Labute approximate surface area is 176 Å². The van der Waals surface area contributed by atoms with E-state index in [1.54, 1.807) is 0 Å². The van der Waals surface area contributed by atoms with Crippen LogP contribution in [0.3, 0.4) is 0 Å². The summed E-state index contributed by atoms with van der Waals surface area (Å²) in [5.74, 6) is 0.848. The maximum Gasteiger partial charge on any atom is 0.236 e. The van der Waals surface area contributed by atoms with Gasteiger partial charge in [-0.05, 0) is 31.9 Å². The second-order valence-electron chi connectivity index (χ2n) is 6.39. The highest BCUT2D eigenvalue weighted by Crippen LogP contribution is 2.31. The summed E-state index contributed by atoms with van der Waals surface area (Å²) < 4.78 is 1.94. The number of thioether (sulfide) groups is 1. The largest absolute Gasteiger partial charge is 0.341 e. The number of carbonyl (C=O) groups excluding carboxylic acids is 1. The SMILES string of the molecule is Cc1csc(NC(=O)CSc2nnc(N3CCCC3)n2-c2ccccc2Cl)n1. The Balaban J connectivity index is 1.56. The molecule has 2 aromatic heterocycles. The number of rotatable bonds is 6. The van der Waals surface area contributed by atoms with Gasteiger partial charge in [0.1, 0.15) is 0 Å². The number of nitrogens with one attached hydrogen (secondary N) is 1. The number of aromatic nitrogens is 4. The summed E-state index contributed by atoms with van der Waals surface area (Å²) in [6, 6.07) is 7.60. The number of hydrogen-bond acceptors (Lipinski definition) is 7. The monoisotopic (exact) mass is 434 g/mol. The third kappa shape index (κ3) is 4.16. The van der Waals surface area contributed by atoms with Crippen LogP contribution < -0.4 is 10.2 Å². The molecule has 0 radical (unpaired) electrons. The summed E-state index contributed by atoms with van der Waals surface area (Å²) in [5, 5.41) is 15.3. The summed E-state index contributed by atoms with van der Waals surface area (Å²) in [6.07, 6.45) is 2.26. The van der Waals surface area contributed by atoms with Gasteiger partial charge in [0, 0.05) is 18.5 Å². The molecule has 3 heterocycles. The Hall–Kier alpha value is -2.10. The third-order valence-electron chi connectivity index (χ3n) is 4.30. The molecule has 0 aliphatic carbocycles. The molecular weight excluding hydrogens is 416 g/mol. The van der Waals surface area contributed by atoms with E-state index >= 15 is 0 Å². The lowest BCUT2D eigenvalue weighted by Gasteiger charge is -2.19. The molecule has 1 fully saturated rings. The minimum Gasteiger partial charge on any atom is -0.341 e. The average Bonchev–Trinajstić information content (AvgIpc) is 3.41. The fourth-order valence-corrected chi connectivity index (χ4v) is 4.68. The zero-order chi connectivity index (χ0) is 19.5. The first-order valence-corrected chi connectivity index (χ1v) is 11.2. The summed E-state index contributed by atoms with van der Waals surface area (Å²) in [6.45, 7) is 3.78. The first kappa shape index (κ1) is 19.2. The molecular formula is C18H19ClN6OS2. The standard InChI is InChI=1S/C18H19ClN6OS2/c1-12-10-27-16(20-12)21-15(26)11-28-18-23-22-17(24-8-4-5-9-24)25(18)14-7-3-2-6-13(14)19/h2-3,6-7,10H,4-5,8-9,11H2,1H3,(H,20,21,26). The lowest BCUT2D eigenvalue weighted by Crippen LogP contribution is -2.22. The van der Waals surface area contributed by atoms with Crippen molar-refractivity contribution >= 4 is 51.7 Å². The van der Waals surface area contributed by atoms with E-state index in [-0.39, 0.29) is 11.7 Å². The minimum atomic E-state index is -0.129. The van der Waals surface area contributed by atoms with E-state index in [0.717, 1.165) is 43.3 Å². The first-order valence-electron chi connectivity index (χ1n) is 8.92. The van der Waals surface area contributed by atoms with Gasteiger partial charge in [0.25, 0.3) is 0 Å². The highest BCUT2D eigenvalue weighted by atomic mass is 35.5. The van der Waals surface area contributed by atoms with Crippen molar-refractivity contribution in [2.24, 2.45) is 0 Å². The molecule has 1 aliphatic rings. The predicted molar refractivity (Wildman–Crippen MR) is 114 cm³/mol. The fourth-order valence-electron chi connectivity index (χ4n) is 3.02. The van der Waals surface area contributed by atoms with E-state index in [1.165, 1.54) is 23.1 Å². The quantitative estimate of drug-likeness (QED) is 0.590. The number of thiazole rings is 1. The van der Waals surface area contributed by atoms with Crippen LogP contribution in [0.2, 0.25) is 5.02 Å². The molecule has 0 saturated carbocycles. The van der Waals surface area contributed by atoms with Crippen LogP contribution >= 0.6 is 34.7 Å². The summed E-state index contributed by atoms with van der Waals surface area (Å²) in [7, 11) is 0. The smallest absolute Gasteiger partial charge is 0.236 e. The molecule has 1 aromatic carbocycles. The van der Waals surface area contributed by atoms with Crippen LogP contribution in [0.25, 0.3) is 5.69 Å². The van der Waals surface area contributed by atoms with Crippen LogP contribution in [0, 0.1) is 6.92 Å². The second-order valence-corrected chi connectivity index (χ2v) is 8.60. The molecule has 0 bridgehead atoms. The Bertz CT molecular complexity index is 982. The summed E-state index contributed by atoms with van der Waals surface area (Å²) in [4.78, 5) is 18.8. The molecule has 0 spiro atoms. The normalized spacial score (nSPS) is 13.9. The topological polar surface area (TPSA) is 75.9 Å². The molecule has 4 rings (SSSR count). The van der Waals surface area contributed by atoms with Gasteiger partial charge in [-0.25, -0.2) is 4.98 Å². The zero-order valence-corrected chi connectivity index (χ0v) is 17.6. The van der Waals surface area contributed by atoms with E-state index in [9.17, 15) is 4.79 Å². The number of carbonyl (C=O) groups is 1. The van der Waals surface area contributed by atoms with Crippen molar-refractivity contribution in [3.8, 4) is 5.69 Å². The van der Waals surface area contributed by atoms with Gasteiger partial charge in [-0.3, -0.25) is 9.36 Å². The Morgan fingerprint density at radius 1 is 1.29 bits per heavy atom. The van der Waals surface area contributed by atoms with Crippen molar-refractivity contribution in [1.82, 2.24) is 19.7 Å². The number of amides is 1. The number of aryl methyl sites for hydroxylation is 1. The van der Waals surface area contributed by atoms with Crippen LogP contribution in [-0.2, 0) is 4.79 Å². The van der Waals surface area contributed by atoms with Crippen molar-refractivity contribution in [2.45, 2.75) is 24.9 Å². The van der Waals surface area contributed by atoms with Crippen LogP contribution in [0.5, 0.6) is 0 Å². The molecule has 28 heavy (non-hydrogen) atoms. The lowest BCUT2D eigenvalue weighted by atomic mass is 10.3. The molecule has 7 nitrogen and oxygen atoms in total. The zero-order valence-electron chi connectivity index (χ0n) is 15.3. The van der Waals surface area contributed by atoms with Crippen molar-refractivity contribution in [3.05, 3.63) is 40.4 Å². The van der Waals surface area contributed by atoms with Crippen LogP contribution in [0.1, 0.15) is 18.5 Å². The minimum absolute atomic E-state index is 0.129. The van der Waals surface area contributed by atoms with Gasteiger partial charge in [-0.15, -0.1) is 21.5 Å². The molecule has 0 unspecified atom stereocenters. The van der Waals surface area contributed by atoms with E-state index in [1.807, 2.05) is 41.1 Å². The number of nitrogens with zero attached hydrogens (tertiary/aromatic N) is 5. The molecule has 10 heteroatoms. The molecule has 1 N–H and O–H groups in total. The maximum absolute atomic E-state index is 12.3. The van der Waals surface area contributed by atoms with E-state index in [4.69, 9.17) is 11.6 Å². The number of anilines is 2. The maximum atomic E-state index is 12.3. The van der Waals surface area contributed by atoms with Crippen molar-refractivity contribution < 1.29 is 4.79 Å². The first-order chi connectivity index (χ1) is 13.6. The molecule has 146 valence electrons. The lowest BCUT2D eigenvalue weighted by molar-refractivity contribution is -0.113. The van der Waals surface area contributed by atoms with E-state index in [2.05, 4.69) is 25.4 Å². The summed E-state index contributed by atoms with van der Waals surface area (Å²) in [5.41, 5.74) is 1.70. The van der Waals surface area contributed by atoms with E-state index in [0.29, 0.717) is 15.3 Å². The third-order valence-corrected chi connectivity index (χ3v) is 6.42. The van der Waals surface area contributed by atoms with Gasteiger partial charge in [-0.1, -0.05) is 35.5 Å². The second kappa shape index (κ2) is 8.50. The van der Waals surface area contributed by atoms with Gasteiger partial charge in [0.15, 0.2) is 10.3 Å². The van der Waals surface area contributed by atoms with Crippen LogP contribution in [0.4, 0.5) is 11.1 Å². The number of halogens is 1. The molecule has 1 aliphatic heterocycles. The highest BCUT2D eigenvalue weighted by Gasteiger charge is 2.24. The predicted octanol–water partition coefficient (Wildman–Crippen LogP) is 4.02. The molecule has 0 atom stereocenters. The summed E-state index contributed by atoms with van der Waals surface area (Å²) >= 11 is 9.19. The van der Waals surface area contributed by atoms with Crippen LogP contribution in [0.15, 0.2) is 34.8 Å². The van der Waals surface area contributed by atoms with Crippen LogP contribution in [-0.4, -0.2) is 44.5 Å². The Morgan fingerprint density at radius 3 is 2.79 bits per heavy atom. The molecule has 1 amide bonds. The highest BCUT2D eigenvalue weighted by molar-refractivity contribution is 7.99. The van der Waals surface area contributed by atoms with Crippen molar-refractivity contribution in [3.63, 3.8) is 0 Å². The average molecular weight is 435 g/mol. The van der Waals surface area contributed by atoms with Gasteiger partial charge in [-0.2, -0.15) is 0 Å². The Kier molecular flexibility index (Phi) is 5.84. The van der Waals surface area contributed by atoms with Crippen molar-refractivity contribution in [2.75, 3.05) is 29.1 Å². The van der Waals surface area contributed by atoms with Gasteiger partial charge < -0.3 is 10.2 Å². The number of benzene rings is 1. The number of hydrogen-bond donors (Lipinski definition) is 1. The van der Waals surface area contributed by atoms with Gasteiger partial charge in [0.05, 0.1) is 22.2 Å². The van der Waals surface area contributed by atoms with E-state index < -0.39 is 0 Å².